The SMILES string of the molecule is CC(=O)Oc1ccc(OC[C]=O)cc1. The van der Waals surface area contributed by atoms with Crippen molar-refractivity contribution in [3.63, 3.8) is 0 Å². The van der Waals surface area contributed by atoms with E-state index in [1.165, 1.54) is 6.92 Å². The van der Waals surface area contributed by atoms with Gasteiger partial charge in [-0.05, 0) is 24.3 Å². The van der Waals surface area contributed by atoms with Crippen LogP contribution in [-0.4, -0.2) is 18.9 Å². The second-order valence-electron chi connectivity index (χ2n) is 2.50. The zero-order valence-corrected chi connectivity index (χ0v) is 7.65. The maximum Gasteiger partial charge on any atom is 0.308 e. The van der Waals surface area contributed by atoms with Crippen molar-refractivity contribution < 1.29 is 19.1 Å². The van der Waals surface area contributed by atoms with Gasteiger partial charge in [0.25, 0.3) is 0 Å². The van der Waals surface area contributed by atoms with Crippen LogP contribution < -0.4 is 9.47 Å². The lowest BCUT2D eigenvalue weighted by atomic mass is 10.3. The summed E-state index contributed by atoms with van der Waals surface area (Å²) in [5.74, 6) is 0.601. The van der Waals surface area contributed by atoms with Crippen LogP contribution in [0.2, 0.25) is 0 Å². The molecule has 4 nitrogen and oxygen atoms in total. The van der Waals surface area contributed by atoms with Crippen molar-refractivity contribution in [2.45, 2.75) is 6.92 Å². The molecule has 1 aromatic rings. The van der Waals surface area contributed by atoms with Crippen molar-refractivity contribution in [2.75, 3.05) is 6.61 Å². The van der Waals surface area contributed by atoms with Crippen molar-refractivity contribution in [3.8, 4) is 11.5 Å². The first-order chi connectivity index (χ1) is 6.72. The van der Waals surface area contributed by atoms with Crippen LogP contribution in [0.1, 0.15) is 6.92 Å². The highest BCUT2D eigenvalue weighted by Crippen LogP contribution is 2.17. The van der Waals surface area contributed by atoms with Gasteiger partial charge in [-0.2, -0.15) is 0 Å². The molecule has 0 aliphatic rings. The van der Waals surface area contributed by atoms with E-state index in [-0.39, 0.29) is 12.6 Å². The number of esters is 1. The number of hydrogen-bond donors (Lipinski definition) is 0. The zero-order valence-electron chi connectivity index (χ0n) is 7.65. The molecule has 0 fully saturated rings. The van der Waals surface area contributed by atoms with Crippen molar-refractivity contribution >= 4 is 12.3 Å². The molecule has 73 valence electrons. The third-order valence-corrected chi connectivity index (χ3v) is 1.38. The predicted molar refractivity (Wildman–Crippen MR) is 48.9 cm³/mol. The summed E-state index contributed by atoms with van der Waals surface area (Å²) >= 11 is 0. The summed E-state index contributed by atoms with van der Waals surface area (Å²) in [5.41, 5.74) is 0. The van der Waals surface area contributed by atoms with Crippen LogP contribution >= 0.6 is 0 Å². The van der Waals surface area contributed by atoms with Crippen molar-refractivity contribution in [2.24, 2.45) is 0 Å². The highest BCUT2D eigenvalue weighted by atomic mass is 16.5. The normalized spacial score (nSPS) is 9.21. The fraction of sp³-hybridized carbons (Fsp3) is 0.200. The number of carbonyl (C=O) groups is 1. The average molecular weight is 193 g/mol. The zero-order chi connectivity index (χ0) is 10.4. The Morgan fingerprint density at radius 3 is 2.36 bits per heavy atom. The Balaban J connectivity index is 2.58. The van der Waals surface area contributed by atoms with E-state index in [9.17, 15) is 9.59 Å². The number of rotatable bonds is 4. The van der Waals surface area contributed by atoms with Gasteiger partial charge in [0.2, 0.25) is 6.29 Å². The largest absolute Gasteiger partial charge is 0.485 e. The lowest BCUT2D eigenvalue weighted by Gasteiger charge is -2.03. The van der Waals surface area contributed by atoms with Crippen LogP contribution in [0.15, 0.2) is 24.3 Å². The standard InChI is InChI=1S/C10H9O4/c1-8(12)14-10-4-2-9(3-5-10)13-7-6-11/h2-5H,7H2,1H3. The number of benzene rings is 1. The first-order valence-corrected chi connectivity index (χ1v) is 3.98. The molecule has 14 heavy (non-hydrogen) atoms. The van der Waals surface area contributed by atoms with Crippen LogP contribution in [0, 0.1) is 0 Å². The number of carbonyl (C=O) groups excluding carboxylic acids is 2. The first kappa shape index (κ1) is 10.2. The molecule has 0 bridgehead atoms. The Bertz CT molecular complexity index is 315. The minimum absolute atomic E-state index is 0.104. The summed E-state index contributed by atoms with van der Waals surface area (Å²) in [5, 5.41) is 0. The molecule has 0 aliphatic heterocycles. The predicted octanol–water partition coefficient (Wildman–Crippen LogP) is 1.10. The van der Waals surface area contributed by atoms with Gasteiger partial charge in [-0.1, -0.05) is 0 Å². The maximum atomic E-state index is 10.6. The van der Waals surface area contributed by atoms with Gasteiger partial charge in [0, 0.05) is 6.92 Å². The van der Waals surface area contributed by atoms with Crippen molar-refractivity contribution in [1.29, 1.82) is 0 Å². The van der Waals surface area contributed by atoms with Crippen LogP contribution in [0.3, 0.4) is 0 Å². The van der Waals surface area contributed by atoms with Crippen LogP contribution in [0.25, 0.3) is 0 Å². The molecule has 0 N–H and O–H groups in total. The number of ether oxygens (including phenoxy) is 2. The molecule has 1 aromatic carbocycles. The Labute approximate surface area is 81.4 Å². The fourth-order valence-corrected chi connectivity index (χ4v) is 0.883. The third-order valence-electron chi connectivity index (χ3n) is 1.38. The molecule has 0 heterocycles. The summed E-state index contributed by atoms with van der Waals surface area (Å²) in [4.78, 5) is 20.4. The molecular weight excluding hydrogens is 184 g/mol. The van der Waals surface area contributed by atoms with E-state index in [4.69, 9.17) is 9.47 Å². The second-order valence-corrected chi connectivity index (χ2v) is 2.50. The smallest absolute Gasteiger partial charge is 0.308 e. The molecule has 0 aromatic heterocycles. The van der Waals surface area contributed by atoms with E-state index in [1.807, 2.05) is 0 Å². The van der Waals surface area contributed by atoms with E-state index in [0.29, 0.717) is 11.5 Å². The van der Waals surface area contributed by atoms with Gasteiger partial charge in [0.05, 0.1) is 0 Å². The summed E-state index contributed by atoms with van der Waals surface area (Å²) in [7, 11) is 0. The van der Waals surface area contributed by atoms with Gasteiger partial charge in [-0.25, -0.2) is 0 Å². The fourth-order valence-electron chi connectivity index (χ4n) is 0.883. The molecule has 0 aliphatic carbocycles. The maximum absolute atomic E-state index is 10.6. The topological polar surface area (TPSA) is 52.6 Å². The van der Waals surface area contributed by atoms with E-state index < -0.39 is 0 Å². The van der Waals surface area contributed by atoms with Crippen LogP contribution in [0.5, 0.6) is 11.5 Å². The van der Waals surface area contributed by atoms with Crippen LogP contribution in [0.4, 0.5) is 0 Å². The molecule has 0 amide bonds. The Kier molecular flexibility index (Phi) is 3.67. The van der Waals surface area contributed by atoms with Gasteiger partial charge in [0.1, 0.15) is 11.5 Å². The van der Waals surface area contributed by atoms with Crippen molar-refractivity contribution in [3.05, 3.63) is 24.3 Å². The summed E-state index contributed by atoms with van der Waals surface area (Å²) < 4.78 is 9.75. The van der Waals surface area contributed by atoms with Gasteiger partial charge >= 0.3 is 5.97 Å². The van der Waals surface area contributed by atoms with Gasteiger partial charge in [-0.15, -0.1) is 0 Å². The molecule has 1 radical (unpaired) electrons. The monoisotopic (exact) mass is 193 g/mol. The number of hydrogen-bond acceptors (Lipinski definition) is 4. The highest BCUT2D eigenvalue weighted by Gasteiger charge is 1.98. The summed E-state index contributed by atoms with van der Waals surface area (Å²) in [6, 6.07) is 6.38. The van der Waals surface area contributed by atoms with Crippen LogP contribution in [-0.2, 0) is 9.59 Å². The average Bonchev–Trinajstić information content (AvgIpc) is 2.16. The van der Waals surface area contributed by atoms with Gasteiger partial charge in [-0.3, -0.25) is 9.59 Å². The Morgan fingerprint density at radius 1 is 1.29 bits per heavy atom. The Morgan fingerprint density at radius 2 is 1.86 bits per heavy atom. The lowest BCUT2D eigenvalue weighted by molar-refractivity contribution is -0.131. The highest BCUT2D eigenvalue weighted by molar-refractivity contribution is 5.69. The molecule has 4 heteroatoms. The molecule has 0 unspecified atom stereocenters. The van der Waals surface area contributed by atoms with E-state index in [0.717, 1.165) is 0 Å². The summed E-state index contributed by atoms with van der Waals surface area (Å²) in [6.07, 6.45) is 1.61. The third kappa shape index (κ3) is 3.26. The van der Waals surface area contributed by atoms with Gasteiger partial charge in [0.15, 0.2) is 6.61 Å². The quantitative estimate of drug-likeness (QED) is 0.530. The molecule has 0 atom stereocenters. The first-order valence-electron chi connectivity index (χ1n) is 3.98. The molecule has 1 rings (SSSR count). The minimum Gasteiger partial charge on any atom is -0.485 e. The van der Waals surface area contributed by atoms with E-state index in [2.05, 4.69) is 0 Å². The molecule has 0 saturated heterocycles. The van der Waals surface area contributed by atoms with E-state index in [1.54, 1.807) is 30.6 Å². The Hall–Kier alpha value is -1.84. The van der Waals surface area contributed by atoms with E-state index >= 15 is 0 Å². The summed E-state index contributed by atoms with van der Waals surface area (Å²) in [6.45, 7) is 1.22. The molecule has 0 saturated carbocycles. The minimum atomic E-state index is -0.375. The molecule has 0 spiro atoms. The lowest BCUT2D eigenvalue weighted by Crippen LogP contribution is -2.01. The second kappa shape index (κ2) is 5.01. The van der Waals surface area contributed by atoms with Crippen molar-refractivity contribution in [1.82, 2.24) is 0 Å². The van der Waals surface area contributed by atoms with Gasteiger partial charge < -0.3 is 9.47 Å². The molecular formula is C10H9O4.